The van der Waals surface area contributed by atoms with Crippen molar-refractivity contribution in [2.45, 2.75) is 31.7 Å². The normalized spacial score (nSPS) is 18.9. The first-order valence-corrected chi connectivity index (χ1v) is 5.33. The molecule has 1 aromatic rings. The van der Waals surface area contributed by atoms with Crippen molar-refractivity contribution in [2.24, 2.45) is 5.92 Å². The van der Waals surface area contributed by atoms with Crippen molar-refractivity contribution in [3.8, 4) is 0 Å². The van der Waals surface area contributed by atoms with Crippen molar-refractivity contribution in [2.75, 3.05) is 7.05 Å². The Balaban J connectivity index is 1.98. The molecule has 2 rings (SSSR count). The first kappa shape index (κ1) is 9.59. The van der Waals surface area contributed by atoms with Gasteiger partial charge in [0.05, 0.1) is 5.69 Å². The highest BCUT2D eigenvalue weighted by Crippen LogP contribution is 2.33. The van der Waals surface area contributed by atoms with Crippen LogP contribution >= 0.6 is 0 Å². The predicted octanol–water partition coefficient (Wildman–Crippen LogP) is 1.93. The molecule has 3 heteroatoms. The van der Waals surface area contributed by atoms with Crippen molar-refractivity contribution in [3.63, 3.8) is 0 Å². The van der Waals surface area contributed by atoms with Crippen LogP contribution in [0, 0.1) is 5.92 Å². The summed E-state index contributed by atoms with van der Waals surface area (Å²) >= 11 is 0. The minimum atomic E-state index is 0.406. The second-order valence-corrected chi connectivity index (χ2v) is 4.01. The molecule has 1 heterocycles. The van der Waals surface area contributed by atoms with Gasteiger partial charge in [0.25, 0.3) is 0 Å². The highest BCUT2D eigenvalue weighted by atomic mass is 14.9. The van der Waals surface area contributed by atoms with E-state index in [1.807, 2.05) is 19.3 Å². The van der Waals surface area contributed by atoms with Crippen molar-refractivity contribution in [1.82, 2.24) is 15.3 Å². The Kier molecular flexibility index (Phi) is 3.09. The summed E-state index contributed by atoms with van der Waals surface area (Å²) in [6.45, 7) is 0. The minimum absolute atomic E-state index is 0.406. The van der Waals surface area contributed by atoms with Gasteiger partial charge in [-0.25, -0.2) is 9.97 Å². The summed E-state index contributed by atoms with van der Waals surface area (Å²) in [7, 11) is 2.01. The molecule has 0 aliphatic heterocycles. The van der Waals surface area contributed by atoms with Gasteiger partial charge >= 0.3 is 0 Å². The van der Waals surface area contributed by atoms with Crippen LogP contribution in [0.5, 0.6) is 0 Å². The molecule has 1 N–H and O–H groups in total. The van der Waals surface area contributed by atoms with Gasteiger partial charge in [0.2, 0.25) is 0 Å². The molecule has 0 amide bonds. The fraction of sp³-hybridized carbons (Fsp3) is 0.636. The Morgan fingerprint density at radius 3 is 2.93 bits per heavy atom. The Hall–Kier alpha value is -0.960. The van der Waals surface area contributed by atoms with Crippen molar-refractivity contribution >= 4 is 0 Å². The van der Waals surface area contributed by atoms with Crippen molar-refractivity contribution < 1.29 is 0 Å². The molecule has 1 fully saturated rings. The first-order chi connectivity index (χ1) is 6.90. The average Bonchev–Trinajstić information content (AvgIpc) is 2.18. The number of aromatic nitrogens is 2. The number of hydrogen-bond acceptors (Lipinski definition) is 3. The van der Waals surface area contributed by atoms with Gasteiger partial charge in [0.15, 0.2) is 0 Å². The van der Waals surface area contributed by atoms with E-state index in [0.717, 1.165) is 11.6 Å². The average molecular weight is 191 g/mol. The lowest BCUT2D eigenvalue weighted by Crippen LogP contribution is -2.23. The fourth-order valence-electron chi connectivity index (χ4n) is 1.96. The minimum Gasteiger partial charge on any atom is -0.312 e. The highest BCUT2D eigenvalue weighted by Gasteiger charge is 2.22. The lowest BCUT2D eigenvalue weighted by atomic mass is 9.80. The lowest BCUT2D eigenvalue weighted by Gasteiger charge is -2.29. The van der Waals surface area contributed by atoms with Crippen LogP contribution in [-0.4, -0.2) is 17.0 Å². The molecule has 1 unspecified atom stereocenters. The summed E-state index contributed by atoms with van der Waals surface area (Å²) in [4.78, 5) is 8.22. The van der Waals surface area contributed by atoms with Crippen LogP contribution in [0.25, 0.3) is 0 Å². The maximum absolute atomic E-state index is 4.29. The molecule has 1 aliphatic carbocycles. The zero-order valence-corrected chi connectivity index (χ0v) is 8.61. The zero-order chi connectivity index (χ0) is 9.80. The fourth-order valence-corrected chi connectivity index (χ4v) is 1.96. The number of nitrogens with one attached hydrogen (secondary N) is 1. The standard InChI is InChI=1S/C11H17N3/c1-12-11(7-9-3-2-4-9)10-5-6-13-8-14-10/h5-6,8-9,11-12H,2-4,7H2,1H3. The first-order valence-electron chi connectivity index (χ1n) is 5.33. The maximum Gasteiger partial charge on any atom is 0.115 e. The van der Waals surface area contributed by atoms with Crippen LogP contribution in [0.3, 0.4) is 0 Å². The Morgan fingerprint density at radius 1 is 1.57 bits per heavy atom. The predicted molar refractivity (Wildman–Crippen MR) is 55.8 cm³/mol. The third-order valence-electron chi connectivity index (χ3n) is 3.10. The van der Waals surface area contributed by atoms with E-state index in [1.54, 1.807) is 6.33 Å². The molecule has 0 radical (unpaired) electrons. The Morgan fingerprint density at radius 2 is 2.43 bits per heavy atom. The smallest absolute Gasteiger partial charge is 0.115 e. The van der Waals surface area contributed by atoms with E-state index in [9.17, 15) is 0 Å². The van der Waals surface area contributed by atoms with Crippen LogP contribution in [-0.2, 0) is 0 Å². The molecule has 3 nitrogen and oxygen atoms in total. The largest absolute Gasteiger partial charge is 0.312 e. The van der Waals surface area contributed by atoms with Crippen molar-refractivity contribution in [3.05, 3.63) is 24.3 Å². The van der Waals surface area contributed by atoms with Gasteiger partial charge in [-0.05, 0) is 25.5 Å². The Labute approximate surface area is 85.0 Å². The third-order valence-corrected chi connectivity index (χ3v) is 3.10. The van der Waals surface area contributed by atoms with E-state index in [2.05, 4.69) is 15.3 Å². The highest BCUT2D eigenvalue weighted by molar-refractivity contribution is 5.05. The maximum atomic E-state index is 4.29. The zero-order valence-electron chi connectivity index (χ0n) is 8.61. The van der Waals surface area contributed by atoms with Gasteiger partial charge < -0.3 is 5.32 Å². The van der Waals surface area contributed by atoms with E-state index < -0.39 is 0 Å². The molecule has 0 bridgehead atoms. The molecule has 1 atom stereocenters. The van der Waals surface area contributed by atoms with E-state index in [0.29, 0.717) is 6.04 Å². The molecule has 1 aromatic heterocycles. The van der Waals surface area contributed by atoms with Crippen LogP contribution < -0.4 is 5.32 Å². The number of rotatable bonds is 4. The molecular formula is C11H17N3. The number of nitrogens with zero attached hydrogens (tertiary/aromatic N) is 2. The molecule has 0 saturated heterocycles. The van der Waals surface area contributed by atoms with Gasteiger partial charge in [-0.15, -0.1) is 0 Å². The summed E-state index contributed by atoms with van der Waals surface area (Å²) < 4.78 is 0. The summed E-state index contributed by atoms with van der Waals surface area (Å²) in [6.07, 6.45) is 8.85. The van der Waals surface area contributed by atoms with Gasteiger partial charge in [0, 0.05) is 12.2 Å². The van der Waals surface area contributed by atoms with Gasteiger partial charge in [-0.3, -0.25) is 0 Å². The molecule has 1 aliphatic rings. The van der Waals surface area contributed by atoms with Crippen LogP contribution in [0.15, 0.2) is 18.6 Å². The van der Waals surface area contributed by atoms with Crippen molar-refractivity contribution in [1.29, 1.82) is 0 Å². The summed E-state index contributed by atoms with van der Waals surface area (Å²) in [6, 6.07) is 2.41. The monoisotopic (exact) mass is 191 g/mol. The van der Waals surface area contributed by atoms with Crippen LogP contribution in [0.1, 0.15) is 37.4 Å². The van der Waals surface area contributed by atoms with E-state index in [4.69, 9.17) is 0 Å². The summed E-state index contributed by atoms with van der Waals surface area (Å²) in [5.74, 6) is 0.905. The molecular weight excluding hydrogens is 174 g/mol. The van der Waals surface area contributed by atoms with Crippen LogP contribution in [0.4, 0.5) is 0 Å². The summed E-state index contributed by atoms with van der Waals surface area (Å²) in [5.41, 5.74) is 1.12. The SMILES string of the molecule is CNC(CC1CCC1)c1ccncn1. The van der Waals surface area contributed by atoms with E-state index in [-0.39, 0.29) is 0 Å². The molecule has 0 aromatic carbocycles. The number of hydrogen-bond donors (Lipinski definition) is 1. The van der Waals surface area contributed by atoms with E-state index >= 15 is 0 Å². The second-order valence-electron chi connectivity index (χ2n) is 4.01. The summed E-state index contributed by atoms with van der Waals surface area (Å²) in [5, 5.41) is 3.33. The second kappa shape index (κ2) is 4.51. The van der Waals surface area contributed by atoms with E-state index in [1.165, 1.54) is 25.7 Å². The quantitative estimate of drug-likeness (QED) is 0.790. The van der Waals surface area contributed by atoms with Crippen LogP contribution in [0.2, 0.25) is 0 Å². The van der Waals surface area contributed by atoms with Gasteiger partial charge in [-0.2, -0.15) is 0 Å². The third kappa shape index (κ3) is 2.10. The topological polar surface area (TPSA) is 37.8 Å². The lowest BCUT2D eigenvalue weighted by molar-refractivity contribution is 0.264. The molecule has 76 valence electrons. The molecule has 1 saturated carbocycles. The Bertz CT molecular complexity index is 269. The van der Waals surface area contributed by atoms with Gasteiger partial charge in [0.1, 0.15) is 6.33 Å². The van der Waals surface area contributed by atoms with Gasteiger partial charge in [-0.1, -0.05) is 19.3 Å². The molecule has 0 spiro atoms. The molecule has 14 heavy (non-hydrogen) atoms.